The highest BCUT2D eigenvalue weighted by molar-refractivity contribution is 5.61. The summed E-state index contributed by atoms with van der Waals surface area (Å²) in [4.78, 5) is 2.19. The normalized spacial score (nSPS) is 17.0. The maximum atomic E-state index is 13.5. The summed E-state index contributed by atoms with van der Waals surface area (Å²) in [6.45, 7) is 1.54. The molecule has 0 spiro atoms. The first-order valence-corrected chi connectivity index (χ1v) is 9.01. The smallest absolute Gasteiger partial charge is 0.146 e. The minimum absolute atomic E-state index is 0.187. The number of nitrogens with zero attached hydrogens (tertiary/aromatic N) is 3. The van der Waals surface area contributed by atoms with Crippen LogP contribution < -0.4 is 10.5 Å². The molecule has 0 radical (unpaired) electrons. The van der Waals surface area contributed by atoms with Gasteiger partial charge in [-0.1, -0.05) is 12.1 Å². The first kappa shape index (κ1) is 18.3. The van der Waals surface area contributed by atoms with Gasteiger partial charge in [0, 0.05) is 43.3 Å². The van der Waals surface area contributed by atoms with E-state index >= 15 is 0 Å². The monoisotopic (exact) mass is 382 g/mol. The number of ether oxygens (including phenoxy) is 1. The third-order valence-corrected chi connectivity index (χ3v) is 4.80. The van der Waals surface area contributed by atoms with Crippen LogP contribution in [0.4, 0.5) is 14.6 Å². The molecule has 28 heavy (non-hydrogen) atoms. The number of hydrogen-bond acceptors (Lipinski definition) is 5. The zero-order valence-corrected chi connectivity index (χ0v) is 15.4. The Labute approximate surface area is 161 Å². The van der Waals surface area contributed by atoms with Gasteiger partial charge >= 0.3 is 0 Å². The molecule has 1 aromatic heterocycles. The van der Waals surface area contributed by atoms with Crippen molar-refractivity contribution in [1.82, 2.24) is 15.1 Å². The van der Waals surface area contributed by atoms with Crippen molar-refractivity contribution < 1.29 is 13.5 Å². The summed E-state index contributed by atoms with van der Waals surface area (Å²) in [6.07, 6.45) is 0.413. The van der Waals surface area contributed by atoms with Gasteiger partial charge in [0.05, 0.1) is 5.69 Å². The van der Waals surface area contributed by atoms with Crippen LogP contribution in [0.15, 0.2) is 48.5 Å². The molecular weight excluding hydrogens is 362 g/mol. The third-order valence-electron chi connectivity index (χ3n) is 4.80. The Morgan fingerprint density at radius 2 is 1.82 bits per heavy atom. The van der Waals surface area contributed by atoms with Crippen LogP contribution in [0.3, 0.4) is 0 Å². The van der Waals surface area contributed by atoms with Gasteiger partial charge in [-0.3, -0.25) is 0 Å². The molecule has 0 saturated carbocycles. The lowest BCUT2D eigenvalue weighted by atomic mass is 9.97. The fourth-order valence-corrected chi connectivity index (χ4v) is 3.46. The second kappa shape index (κ2) is 7.52. The molecule has 2 N–H and O–H groups in total. The first-order chi connectivity index (χ1) is 13.5. The highest BCUT2D eigenvalue weighted by Gasteiger charge is 2.23. The number of aromatic nitrogens is 2. The Balaban J connectivity index is 1.68. The molecule has 1 aliphatic heterocycles. The van der Waals surface area contributed by atoms with Gasteiger partial charge in [0.15, 0.2) is 0 Å². The number of rotatable bonds is 3. The molecular formula is C21H20F2N4O. The van der Waals surface area contributed by atoms with Gasteiger partial charge in [-0.2, -0.15) is 0 Å². The quantitative estimate of drug-likeness (QED) is 0.743. The van der Waals surface area contributed by atoms with E-state index < -0.39 is 11.6 Å². The summed E-state index contributed by atoms with van der Waals surface area (Å²) in [6, 6.07) is 12.8. The number of benzene rings is 2. The fourth-order valence-electron chi connectivity index (χ4n) is 3.46. The Bertz CT molecular complexity index is 974. The molecule has 5 nitrogen and oxygen atoms in total. The number of halogens is 2. The molecule has 0 saturated heterocycles. The molecule has 1 aliphatic rings. The first-order valence-electron chi connectivity index (χ1n) is 9.01. The van der Waals surface area contributed by atoms with Gasteiger partial charge in [0.25, 0.3) is 0 Å². The Morgan fingerprint density at radius 1 is 1.04 bits per heavy atom. The number of nitrogens with two attached hydrogens (primary N) is 1. The van der Waals surface area contributed by atoms with Crippen molar-refractivity contribution in [2.75, 3.05) is 19.3 Å². The second-order valence-electron chi connectivity index (χ2n) is 7.00. The van der Waals surface area contributed by atoms with Gasteiger partial charge in [-0.05, 0) is 36.4 Å². The Morgan fingerprint density at radius 3 is 2.54 bits per heavy atom. The van der Waals surface area contributed by atoms with E-state index in [1.807, 2.05) is 25.2 Å². The van der Waals surface area contributed by atoms with Crippen molar-refractivity contribution in [2.45, 2.75) is 19.1 Å². The van der Waals surface area contributed by atoms with Crippen molar-refractivity contribution in [3.05, 3.63) is 71.3 Å². The molecule has 2 aromatic carbocycles. The third kappa shape index (κ3) is 3.94. The summed E-state index contributed by atoms with van der Waals surface area (Å²) in [7, 11) is 2.03. The van der Waals surface area contributed by atoms with Crippen molar-refractivity contribution in [3.63, 3.8) is 0 Å². The number of nitrogen functional groups attached to an aromatic ring is 1. The molecule has 0 amide bonds. The lowest BCUT2D eigenvalue weighted by molar-refractivity contribution is 0.181. The molecule has 7 heteroatoms. The van der Waals surface area contributed by atoms with E-state index in [2.05, 4.69) is 21.2 Å². The Hall–Kier alpha value is -3.06. The molecule has 4 rings (SSSR count). The summed E-state index contributed by atoms with van der Waals surface area (Å²) in [5.74, 6) is -0.753. The van der Waals surface area contributed by atoms with E-state index in [-0.39, 0.29) is 11.9 Å². The van der Waals surface area contributed by atoms with E-state index in [1.165, 1.54) is 12.1 Å². The molecule has 0 bridgehead atoms. The lowest BCUT2D eigenvalue weighted by Crippen LogP contribution is -2.18. The number of hydrogen-bond donors (Lipinski definition) is 1. The zero-order valence-electron chi connectivity index (χ0n) is 15.4. The van der Waals surface area contributed by atoms with Gasteiger partial charge in [0.2, 0.25) is 0 Å². The summed E-state index contributed by atoms with van der Waals surface area (Å²) >= 11 is 0. The molecule has 2 heterocycles. The van der Waals surface area contributed by atoms with Gasteiger partial charge in [-0.25, -0.2) is 8.78 Å². The number of fused-ring (bicyclic) bond motifs is 1. The summed E-state index contributed by atoms with van der Waals surface area (Å²) < 4.78 is 33.1. The molecule has 144 valence electrons. The molecule has 0 aliphatic carbocycles. The van der Waals surface area contributed by atoms with Crippen molar-refractivity contribution in [3.8, 4) is 17.0 Å². The topological polar surface area (TPSA) is 64.3 Å². The molecule has 0 fully saturated rings. The Kier molecular flexibility index (Phi) is 4.92. The zero-order chi connectivity index (χ0) is 19.7. The van der Waals surface area contributed by atoms with Crippen molar-refractivity contribution in [2.24, 2.45) is 0 Å². The predicted octanol–water partition coefficient (Wildman–Crippen LogP) is 3.96. The summed E-state index contributed by atoms with van der Waals surface area (Å²) in [5, 5.41) is 8.05. The lowest BCUT2D eigenvalue weighted by Gasteiger charge is -2.20. The van der Waals surface area contributed by atoms with Crippen molar-refractivity contribution in [1.29, 1.82) is 0 Å². The van der Waals surface area contributed by atoms with Crippen LogP contribution in [-0.2, 0) is 6.54 Å². The fraction of sp³-hybridized carbons (Fsp3) is 0.238. The van der Waals surface area contributed by atoms with Crippen LogP contribution in [0.1, 0.15) is 23.7 Å². The summed E-state index contributed by atoms with van der Waals surface area (Å²) in [5.41, 5.74) is 9.36. The highest BCUT2D eigenvalue weighted by Crippen LogP contribution is 2.33. The van der Waals surface area contributed by atoms with E-state index in [4.69, 9.17) is 10.5 Å². The molecule has 3 aromatic rings. The van der Waals surface area contributed by atoms with Gasteiger partial charge in [-0.15, -0.1) is 10.2 Å². The second-order valence-corrected chi connectivity index (χ2v) is 7.00. The minimum Gasteiger partial charge on any atom is -0.485 e. The van der Waals surface area contributed by atoms with E-state index in [0.717, 1.165) is 41.5 Å². The predicted molar refractivity (Wildman–Crippen MR) is 103 cm³/mol. The van der Waals surface area contributed by atoms with Crippen molar-refractivity contribution >= 4 is 5.82 Å². The van der Waals surface area contributed by atoms with Crippen LogP contribution in [0.5, 0.6) is 5.75 Å². The molecule has 1 unspecified atom stereocenters. The SMILES string of the molecule is CN1CCC(Oc2cc(F)cc(F)c2)c2ccc(-c3ccc(N)nn3)cc2C1. The number of anilines is 1. The largest absolute Gasteiger partial charge is 0.485 e. The van der Waals surface area contributed by atoms with Crippen LogP contribution in [0.25, 0.3) is 11.3 Å². The van der Waals surface area contributed by atoms with Gasteiger partial charge in [0.1, 0.15) is 29.3 Å². The maximum Gasteiger partial charge on any atom is 0.146 e. The standard InChI is InChI=1S/C21H20F2N4O/c1-27-7-6-20(28-17-10-15(22)9-16(23)11-17)18-3-2-13(8-14(18)12-27)19-4-5-21(24)26-25-19/h2-5,8-11,20H,6-7,12H2,1H3,(H2,24,26). The average molecular weight is 382 g/mol. The van der Waals surface area contributed by atoms with Crippen LogP contribution >= 0.6 is 0 Å². The minimum atomic E-state index is -0.654. The maximum absolute atomic E-state index is 13.5. The highest BCUT2D eigenvalue weighted by atomic mass is 19.1. The van der Waals surface area contributed by atoms with Crippen LogP contribution in [0, 0.1) is 11.6 Å². The molecule has 1 atom stereocenters. The van der Waals surface area contributed by atoms with E-state index in [0.29, 0.717) is 12.2 Å². The van der Waals surface area contributed by atoms with E-state index in [1.54, 1.807) is 6.07 Å². The van der Waals surface area contributed by atoms with Crippen LogP contribution in [-0.4, -0.2) is 28.7 Å². The van der Waals surface area contributed by atoms with Gasteiger partial charge < -0.3 is 15.4 Å². The van der Waals surface area contributed by atoms with E-state index in [9.17, 15) is 8.78 Å². The van der Waals surface area contributed by atoms with Crippen LogP contribution in [0.2, 0.25) is 0 Å². The average Bonchev–Trinajstić information content (AvgIpc) is 2.80.